The van der Waals surface area contributed by atoms with Crippen LogP contribution in [0.5, 0.6) is 0 Å². The molecule has 0 bridgehead atoms. The summed E-state index contributed by atoms with van der Waals surface area (Å²) in [5.41, 5.74) is 3.28. The minimum Gasteiger partial charge on any atom is -0.267 e. The number of hydrogen-bond donors (Lipinski definition) is 0. The van der Waals surface area contributed by atoms with E-state index in [-0.39, 0.29) is 5.91 Å². The molecule has 0 spiro atoms. The molecule has 4 rings (SSSR count). The van der Waals surface area contributed by atoms with Gasteiger partial charge >= 0.3 is 0 Å². The molecule has 0 atom stereocenters. The zero-order valence-corrected chi connectivity index (χ0v) is 12.0. The molecule has 1 aliphatic rings. The standard InChI is InChI=1S/C18H13N3O/c1-12-8-10-14(11-9-12)18(22)21-16-7-3-5-13-4-2-6-15(17(13)16)19-20-21/h2-11H,1H3. The Bertz CT molecular complexity index is 908. The van der Waals surface area contributed by atoms with Crippen LogP contribution in [0, 0.1) is 6.92 Å². The summed E-state index contributed by atoms with van der Waals surface area (Å²) in [6, 6.07) is 19.2. The van der Waals surface area contributed by atoms with Gasteiger partial charge in [-0.1, -0.05) is 47.2 Å². The minimum atomic E-state index is -0.175. The lowest BCUT2D eigenvalue weighted by Crippen LogP contribution is -2.26. The third kappa shape index (κ3) is 1.89. The Labute approximate surface area is 127 Å². The molecule has 22 heavy (non-hydrogen) atoms. The first kappa shape index (κ1) is 12.7. The lowest BCUT2D eigenvalue weighted by Gasteiger charge is -2.21. The van der Waals surface area contributed by atoms with Gasteiger partial charge in [0.05, 0.1) is 11.4 Å². The van der Waals surface area contributed by atoms with Crippen molar-refractivity contribution < 1.29 is 4.79 Å². The van der Waals surface area contributed by atoms with Crippen molar-refractivity contribution >= 4 is 28.1 Å². The molecule has 4 heteroatoms. The maximum atomic E-state index is 12.7. The Hall–Kier alpha value is -3.01. The second-order valence-electron chi connectivity index (χ2n) is 5.32. The molecule has 0 aliphatic carbocycles. The zero-order chi connectivity index (χ0) is 15.1. The molecule has 0 saturated carbocycles. The molecule has 106 valence electrons. The molecular weight excluding hydrogens is 274 g/mol. The monoisotopic (exact) mass is 287 g/mol. The van der Waals surface area contributed by atoms with Gasteiger partial charge in [0.2, 0.25) is 0 Å². The first-order chi connectivity index (χ1) is 10.7. The molecule has 0 saturated heterocycles. The van der Waals surface area contributed by atoms with Crippen LogP contribution >= 0.6 is 0 Å². The van der Waals surface area contributed by atoms with Gasteiger partial charge in [-0.05, 0) is 36.6 Å². The molecule has 0 fully saturated rings. The van der Waals surface area contributed by atoms with E-state index >= 15 is 0 Å². The zero-order valence-electron chi connectivity index (χ0n) is 12.0. The molecule has 0 N–H and O–H groups in total. The Kier molecular flexibility index (Phi) is 2.76. The Morgan fingerprint density at radius 3 is 2.45 bits per heavy atom. The maximum Gasteiger partial charge on any atom is 0.280 e. The number of benzene rings is 3. The normalized spacial score (nSPS) is 12.7. The average molecular weight is 287 g/mol. The number of carbonyl (C=O) groups excluding carboxylic acids is 1. The van der Waals surface area contributed by atoms with E-state index in [0.717, 1.165) is 27.7 Å². The average Bonchev–Trinajstić information content (AvgIpc) is 2.56. The van der Waals surface area contributed by atoms with E-state index in [1.165, 1.54) is 5.01 Å². The van der Waals surface area contributed by atoms with E-state index in [1.54, 1.807) is 0 Å². The molecule has 4 nitrogen and oxygen atoms in total. The van der Waals surface area contributed by atoms with Gasteiger partial charge in [-0.15, -0.1) is 5.11 Å². The molecular formula is C18H13N3O. The fourth-order valence-electron chi connectivity index (χ4n) is 2.67. The van der Waals surface area contributed by atoms with Crippen molar-refractivity contribution in [2.75, 3.05) is 5.01 Å². The van der Waals surface area contributed by atoms with Crippen LogP contribution in [0.3, 0.4) is 0 Å². The first-order valence-corrected chi connectivity index (χ1v) is 7.08. The second-order valence-corrected chi connectivity index (χ2v) is 5.32. The van der Waals surface area contributed by atoms with E-state index in [0.29, 0.717) is 5.56 Å². The van der Waals surface area contributed by atoms with Gasteiger partial charge in [0.25, 0.3) is 5.91 Å². The van der Waals surface area contributed by atoms with E-state index < -0.39 is 0 Å². The number of amides is 1. The highest BCUT2D eigenvalue weighted by Crippen LogP contribution is 2.39. The van der Waals surface area contributed by atoms with Crippen molar-refractivity contribution in [3.8, 4) is 0 Å². The summed E-state index contributed by atoms with van der Waals surface area (Å²) in [4.78, 5) is 12.7. The molecule has 1 heterocycles. The maximum absolute atomic E-state index is 12.7. The van der Waals surface area contributed by atoms with Crippen LogP contribution in [0.15, 0.2) is 71.0 Å². The third-order valence-electron chi connectivity index (χ3n) is 3.82. The first-order valence-electron chi connectivity index (χ1n) is 7.08. The SMILES string of the molecule is Cc1ccc(C(=O)N2N=Nc3cccc4cccc2c34)cc1. The lowest BCUT2D eigenvalue weighted by molar-refractivity contribution is 0.0985. The molecule has 0 unspecified atom stereocenters. The molecule has 0 aromatic heterocycles. The van der Waals surface area contributed by atoms with Crippen LogP contribution in [0.1, 0.15) is 15.9 Å². The number of anilines is 1. The quantitative estimate of drug-likeness (QED) is 0.633. The Balaban J connectivity index is 1.85. The number of rotatable bonds is 1. The summed E-state index contributed by atoms with van der Waals surface area (Å²) in [6.07, 6.45) is 0. The summed E-state index contributed by atoms with van der Waals surface area (Å²) < 4.78 is 0. The van der Waals surface area contributed by atoms with Gasteiger partial charge in [-0.25, -0.2) is 0 Å². The molecule has 1 amide bonds. The third-order valence-corrected chi connectivity index (χ3v) is 3.82. The topological polar surface area (TPSA) is 45.0 Å². The van der Waals surface area contributed by atoms with Crippen molar-refractivity contribution in [1.82, 2.24) is 0 Å². The predicted octanol–water partition coefficient (Wildman–Crippen LogP) is 4.81. The van der Waals surface area contributed by atoms with Crippen LogP contribution in [0.2, 0.25) is 0 Å². The number of aryl methyl sites for hydroxylation is 1. The van der Waals surface area contributed by atoms with E-state index in [4.69, 9.17) is 0 Å². The highest BCUT2D eigenvalue weighted by Gasteiger charge is 2.23. The predicted molar refractivity (Wildman–Crippen MR) is 86.5 cm³/mol. The molecule has 1 aliphatic heterocycles. The van der Waals surface area contributed by atoms with Crippen LogP contribution in [-0.2, 0) is 0 Å². The van der Waals surface area contributed by atoms with E-state index in [9.17, 15) is 4.79 Å². The van der Waals surface area contributed by atoms with Gasteiger partial charge < -0.3 is 0 Å². The van der Waals surface area contributed by atoms with Crippen molar-refractivity contribution in [1.29, 1.82) is 0 Å². The molecule has 0 radical (unpaired) electrons. The van der Waals surface area contributed by atoms with Gasteiger partial charge in [0.1, 0.15) is 0 Å². The van der Waals surface area contributed by atoms with Crippen molar-refractivity contribution in [3.63, 3.8) is 0 Å². The van der Waals surface area contributed by atoms with E-state index in [2.05, 4.69) is 10.3 Å². The fourth-order valence-corrected chi connectivity index (χ4v) is 2.67. The van der Waals surface area contributed by atoms with Gasteiger partial charge in [-0.3, -0.25) is 4.79 Å². The largest absolute Gasteiger partial charge is 0.280 e. The van der Waals surface area contributed by atoms with Crippen LogP contribution in [-0.4, -0.2) is 5.91 Å². The van der Waals surface area contributed by atoms with Gasteiger partial charge in [0.15, 0.2) is 0 Å². The summed E-state index contributed by atoms with van der Waals surface area (Å²) in [7, 11) is 0. The summed E-state index contributed by atoms with van der Waals surface area (Å²) >= 11 is 0. The minimum absolute atomic E-state index is 0.175. The van der Waals surface area contributed by atoms with Crippen LogP contribution in [0.4, 0.5) is 11.4 Å². The van der Waals surface area contributed by atoms with Crippen LogP contribution < -0.4 is 5.01 Å². The van der Waals surface area contributed by atoms with Crippen LogP contribution in [0.25, 0.3) is 10.8 Å². The lowest BCUT2D eigenvalue weighted by atomic mass is 10.1. The number of carbonyl (C=O) groups is 1. The van der Waals surface area contributed by atoms with E-state index in [1.807, 2.05) is 67.6 Å². The van der Waals surface area contributed by atoms with Gasteiger partial charge in [-0.2, -0.15) is 5.01 Å². The Morgan fingerprint density at radius 2 is 1.68 bits per heavy atom. The summed E-state index contributed by atoms with van der Waals surface area (Å²) in [6.45, 7) is 1.99. The van der Waals surface area contributed by atoms with Crippen molar-refractivity contribution in [2.24, 2.45) is 10.3 Å². The molecule has 3 aromatic carbocycles. The van der Waals surface area contributed by atoms with Crippen molar-refractivity contribution in [3.05, 3.63) is 71.8 Å². The highest BCUT2D eigenvalue weighted by molar-refractivity contribution is 6.13. The highest BCUT2D eigenvalue weighted by atomic mass is 16.2. The smallest absolute Gasteiger partial charge is 0.267 e. The molecule has 3 aromatic rings. The van der Waals surface area contributed by atoms with Gasteiger partial charge in [0, 0.05) is 10.9 Å². The summed E-state index contributed by atoms with van der Waals surface area (Å²) in [5.74, 6) is -0.175. The second kappa shape index (κ2) is 4.77. The Morgan fingerprint density at radius 1 is 0.955 bits per heavy atom. The fraction of sp³-hybridized carbons (Fsp3) is 0.0556. The number of hydrogen-bond acceptors (Lipinski definition) is 3. The van der Waals surface area contributed by atoms with Crippen molar-refractivity contribution in [2.45, 2.75) is 6.92 Å². The summed E-state index contributed by atoms with van der Waals surface area (Å²) in [5, 5.41) is 11.7. The number of nitrogens with zero attached hydrogens (tertiary/aromatic N) is 3.